The summed E-state index contributed by atoms with van der Waals surface area (Å²) in [5.41, 5.74) is 1.66. The van der Waals surface area contributed by atoms with Crippen molar-refractivity contribution in [3.8, 4) is 0 Å². The lowest BCUT2D eigenvalue weighted by Crippen LogP contribution is -2.54. The molecular formula is C20H24N4O2. The molecule has 2 aliphatic heterocycles. The zero-order valence-electron chi connectivity index (χ0n) is 15.1. The van der Waals surface area contributed by atoms with Crippen LogP contribution in [-0.4, -0.2) is 49.8 Å². The molecular weight excluding hydrogens is 328 g/mol. The summed E-state index contributed by atoms with van der Waals surface area (Å²) in [5.74, 6) is 0.298. The van der Waals surface area contributed by atoms with Gasteiger partial charge in [-0.05, 0) is 43.0 Å². The molecule has 0 atom stereocenters. The molecule has 2 saturated heterocycles. The molecule has 0 bridgehead atoms. The van der Waals surface area contributed by atoms with Crippen LogP contribution in [0.2, 0.25) is 0 Å². The molecule has 0 radical (unpaired) electrons. The number of nitrogens with zero attached hydrogens (tertiary/aromatic N) is 4. The van der Waals surface area contributed by atoms with Crippen LogP contribution >= 0.6 is 0 Å². The molecule has 2 aromatic rings. The van der Waals surface area contributed by atoms with Crippen molar-refractivity contribution < 1.29 is 9.59 Å². The van der Waals surface area contributed by atoms with Crippen LogP contribution in [0.3, 0.4) is 0 Å². The topological polar surface area (TPSA) is 58.4 Å². The third-order valence-corrected chi connectivity index (χ3v) is 5.89. The van der Waals surface area contributed by atoms with Crippen LogP contribution < -0.4 is 0 Å². The molecule has 0 unspecified atom stereocenters. The molecule has 2 fully saturated rings. The van der Waals surface area contributed by atoms with Crippen molar-refractivity contribution in [1.29, 1.82) is 0 Å². The van der Waals surface area contributed by atoms with Crippen LogP contribution in [0.1, 0.15) is 41.7 Å². The largest absolute Gasteiger partial charge is 0.347 e. The standard InChI is InChI=1S/C20H24N4O2/c1-22-11-3-5-17(22)19(26)23-12-8-20(9-13-23)7-6-18(25)24(20)15-16-4-2-10-21-14-16/h2-5,10-11,14H,6-9,12-13,15H2,1H3. The zero-order valence-corrected chi connectivity index (χ0v) is 15.1. The zero-order chi connectivity index (χ0) is 18.1. The van der Waals surface area contributed by atoms with Crippen molar-refractivity contribution >= 4 is 11.8 Å². The fraction of sp³-hybridized carbons (Fsp3) is 0.450. The Morgan fingerprint density at radius 3 is 2.65 bits per heavy atom. The quantitative estimate of drug-likeness (QED) is 0.851. The van der Waals surface area contributed by atoms with Crippen molar-refractivity contribution in [3.63, 3.8) is 0 Å². The van der Waals surface area contributed by atoms with Gasteiger partial charge in [-0.15, -0.1) is 0 Å². The lowest BCUT2D eigenvalue weighted by Gasteiger charge is -2.45. The molecule has 0 aromatic carbocycles. The van der Waals surface area contributed by atoms with Gasteiger partial charge < -0.3 is 14.4 Å². The number of hydrogen-bond acceptors (Lipinski definition) is 3. The summed E-state index contributed by atoms with van der Waals surface area (Å²) in [4.78, 5) is 33.4. The highest BCUT2D eigenvalue weighted by atomic mass is 16.2. The Labute approximate surface area is 153 Å². The van der Waals surface area contributed by atoms with E-state index < -0.39 is 0 Å². The Morgan fingerprint density at radius 2 is 2.00 bits per heavy atom. The van der Waals surface area contributed by atoms with Gasteiger partial charge in [0.15, 0.2) is 0 Å². The molecule has 6 nitrogen and oxygen atoms in total. The monoisotopic (exact) mass is 352 g/mol. The fourth-order valence-electron chi connectivity index (χ4n) is 4.30. The van der Waals surface area contributed by atoms with E-state index in [1.165, 1.54) is 0 Å². The molecule has 26 heavy (non-hydrogen) atoms. The van der Waals surface area contributed by atoms with Gasteiger partial charge in [0.25, 0.3) is 5.91 Å². The Kier molecular flexibility index (Phi) is 4.26. The summed E-state index contributed by atoms with van der Waals surface area (Å²) in [6.07, 6.45) is 8.64. The maximum Gasteiger partial charge on any atom is 0.270 e. The summed E-state index contributed by atoms with van der Waals surface area (Å²) in [6, 6.07) is 7.68. The molecule has 2 aromatic heterocycles. The average Bonchev–Trinajstić information content (AvgIpc) is 3.22. The van der Waals surface area contributed by atoms with Gasteiger partial charge in [-0.25, -0.2) is 0 Å². The maximum absolute atomic E-state index is 12.7. The minimum absolute atomic E-state index is 0.0792. The summed E-state index contributed by atoms with van der Waals surface area (Å²) in [5, 5.41) is 0. The third kappa shape index (κ3) is 2.89. The molecule has 6 heteroatoms. The van der Waals surface area contributed by atoms with E-state index in [1.54, 1.807) is 6.20 Å². The van der Waals surface area contributed by atoms with Crippen LogP contribution in [-0.2, 0) is 18.4 Å². The summed E-state index contributed by atoms with van der Waals surface area (Å²) >= 11 is 0. The highest BCUT2D eigenvalue weighted by Crippen LogP contribution is 2.40. The number of likely N-dealkylation sites (tertiary alicyclic amines) is 2. The normalized spacial score (nSPS) is 19.3. The lowest BCUT2D eigenvalue weighted by molar-refractivity contribution is -0.133. The number of carbonyl (C=O) groups is 2. The summed E-state index contributed by atoms with van der Waals surface area (Å²) in [7, 11) is 1.89. The van der Waals surface area contributed by atoms with Crippen LogP contribution in [0.25, 0.3) is 0 Å². The number of carbonyl (C=O) groups excluding carboxylic acids is 2. The first-order chi connectivity index (χ1) is 12.6. The van der Waals surface area contributed by atoms with Gasteiger partial charge in [0, 0.05) is 57.2 Å². The number of hydrogen-bond donors (Lipinski definition) is 0. The Morgan fingerprint density at radius 1 is 1.19 bits per heavy atom. The molecule has 4 heterocycles. The highest BCUT2D eigenvalue weighted by molar-refractivity contribution is 5.93. The smallest absolute Gasteiger partial charge is 0.270 e. The lowest BCUT2D eigenvalue weighted by atomic mass is 9.84. The minimum Gasteiger partial charge on any atom is -0.347 e. The van der Waals surface area contributed by atoms with Gasteiger partial charge in [-0.1, -0.05) is 6.07 Å². The second-order valence-corrected chi connectivity index (χ2v) is 7.36. The summed E-state index contributed by atoms with van der Waals surface area (Å²) < 4.78 is 1.86. The number of amides is 2. The maximum atomic E-state index is 12.7. The van der Waals surface area contributed by atoms with Gasteiger partial charge >= 0.3 is 0 Å². The predicted octanol–water partition coefficient (Wildman–Crippen LogP) is 2.22. The molecule has 0 saturated carbocycles. The first kappa shape index (κ1) is 16.8. The van der Waals surface area contributed by atoms with E-state index in [1.807, 2.05) is 58.1 Å². The highest BCUT2D eigenvalue weighted by Gasteiger charge is 2.47. The SMILES string of the molecule is Cn1cccc1C(=O)N1CCC2(CCC(=O)N2Cc2cccnc2)CC1. The van der Waals surface area contributed by atoms with Crippen molar-refractivity contribution in [2.45, 2.75) is 37.8 Å². The van der Waals surface area contributed by atoms with Gasteiger partial charge in [-0.2, -0.15) is 0 Å². The molecule has 0 N–H and O–H groups in total. The first-order valence-electron chi connectivity index (χ1n) is 9.19. The van der Waals surface area contributed by atoms with E-state index in [0.29, 0.717) is 26.1 Å². The minimum atomic E-state index is -0.113. The van der Waals surface area contributed by atoms with Gasteiger partial charge in [0.2, 0.25) is 5.91 Å². The van der Waals surface area contributed by atoms with E-state index in [2.05, 4.69) is 4.98 Å². The second-order valence-electron chi connectivity index (χ2n) is 7.36. The Hall–Kier alpha value is -2.63. The molecule has 0 aliphatic carbocycles. The number of pyridine rings is 1. The third-order valence-electron chi connectivity index (χ3n) is 5.89. The van der Waals surface area contributed by atoms with Crippen LogP contribution in [0, 0.1) is 0 Å². The fourth-order valence-corrected chi connectivity index (χ4v) is 4.30. The summed E-state index contributed by atoms with van der Waals surface area (Å²) in [6.45, 7) is 2.00. The van der Waals surface area contributed by atoms with Crippen molar-refractivity contribution in [1.82, 2.24) is 19.4 Å². The second kappa shape index (κ2) is 6.59. The number of aromatic nitrogens is 2. The van der Waals surface area contributed by atoms with Gasteiger partial charge in [0.1, 0.15) is 5.69 Å². The Bertz CT molecular complexity index is 806. The van der Waals surface area contributed by atoms with E-state index in [9.17, 15) is 9.59 Å². The van der Waals surface area contributed by atoms with Crippen molar-refractivity contribution in [2.24, 2.45) is 7.05 Å². The molecule has 136 valence electrons. The average molecular weight is 352 g/mol. The number of piperidine rings is 1. The molecule has 1 spiro atoms. The van der Waals surface area contributed by atoms with E-state index in [-0.39, 0.29) is 17.4 Å². The van der Waals surface area contributed by atoms with Crippen LogP contribution in [0.4, 0.5) is 0 Å². The Balaban J connectivity index is 1.47. The van der Waals surface area contributed by atoms with Gasteiger partial charge in [-0.3, -0.25) is 14.6 Å². The van der Waals surface area contributed by atoms with Crippen LogP contribution in [0.5, 0.6) is 0 Å². The molecule has 4 rings (SSSR count). The first-order valence-corrected chi connectivity index (χ1v) is 9.19. The van der Waals surface area contributed by atoms with E-state index >= 15 is 0 Å². The van der Waals surface area contributed by atoms with Crippen molar-refractivity contribution in [2.75, 3.05) is 13.1 Å². The van der Waals surface area contributed by atoms with E-state index in [0.717, 1.165) is 30.5 Å². The van der Waals surface area contributed by atoms with E-state index in [4.69, 9.17) is 0 Å². The number of rotatable bonds is 3. The van der Waals surface area contributed by atoms with Crippen LogP contribution in [0.15, 0.2) is 42.9 Å². The van der Waals surface area contributed by atoms with Crippen molar-refractivity contribution in [3.05, 3.63) is 54.1 Å². The number of aryl methyl sites for hydroxylation is 1. The van der Waals surface area contributed by atoms with Gasteiger partial charge in [0.05, 0.1) is 0 Å². The molecule has 2 amide bonds. The predicted molar refractivity (Wildman–Crippen MR) is 97.3 cm³/mol. The molecule has 2 aliphatic rings.